The Kier molecular flexibility index (Phi) is 6.86. The van der Waals surface area contributed by atoms with Gasteiger partial charge < -0.3 is 20.1 Å². The minimum atomic E-state index is -0.269. The standard InChI is InChI=1S/C19H21ClN2O4/c1-12-5-4-6-13(9-12)19(24)21-8-7-18(23)22-15-10-14(20)16(25-2)11-17(15)26-3/h4-6,9-11H,7-8H2,1-3H3,(H,21,24)(H,22,23). The molecule has 0 saturated heterocycles. The van der Waals surface area contributed by atoms with Crippen molar-refractivity contribution in [1.82, 2.24) is 5.32 Å². The van der Waals surface area contributed by atoms with Crippen LogP contribution in [-0.4, -0.2) is 32.6 Å². The number of ether oxygens (including phenoxy) is 2. The molecule has 0 atom stereocenters. The van der Waals surface area contributed by atoms with Crippen molar-refractivity contribution >= 4 is 29.1 Å². The lowest BCUT2D eigenvalue weighted by Crippen LogP contribution is -2.27. The Morgan fingerprint density at radius 3 is 2.46 bits per heavy atom. The van der Waals surface area contributed by atoms with Crippen molar-refractivity contribution < 1.29 is 19.1 Å². The number of aryl methyl sites for hydroxylation is 1. The second-order valence-corrected chi connectivity index (χ2v) is 6.02. The van der Waals surface area contributed by atoms with Crippen LogP contribution in [0, 0.1) is 6.92 Å². The number of benzene rings is 2. The molecule has 0 aromatic heterocycles. The van der Waals surface area contributed by atoms with Crippen molar-refractivity contribution in [2.24, 2.45) is 0 Å². The van der Waals surface area contributed by atoms with E-state index in [0.717, 1.165) is 5.56 Å². The zero-order valence-corrected chi connectivity index (χ0v) is 15.6. The molecule has 0 bridgehead atoms. The number of hydrogen-bond acceptors (Lipinski definition) is 4. The molecule has 6 nitrogen and oxygen atoms in total. The van der Waals surface area contributed by atoms with Crippen LogP contribution in [-0.2, 0) is 4.79 Å². The first-order valence-corrected chi connectivity index (χ1v) is 8.38. The summed E-state index contributed by atoms with van der Waals surface area (Å²) in [6.07, 6.45) is 0.115. The zero-order chi connectivity index (χ0) is 19.1. The molecule has 0 aliphatic heterocycles. The summed E-state index contributed by atoms with van der Waals surface area (Å²) in [6, 6.07) is 10.4. The smallest absolute Gasteiger partial charge is 0.251 e. The first-order chi connectivity index (χ1) is 12.4. The van der Waals surface area contributed by atoms with Gasteiger partial charge in [0.25, 0.3) is 5.91 Å². The molecule has 2 aromatic carbocycles. The number of carbonyl (C=O) groups is 2. The molecule has 0 unspecified atom stereocenters. The number of methoxy groups -OCH3 is 2. The van der Waals surface area contributed by atoms with E-state index in [1.54, 1.807) is 24.3 Å². The van der Waals surface area contributed by atoms with Crippen LogP contribution in [0.3, 0.4) is 0 Å². The van der Waals surface area contributed by atoms with Crippen LogP contribution in [0.15, 0.2) is 36.4 Å². The van der Waals surface area contributed by atoms with Crippen LogP contribution in [0.2, 0.25) is 5.02 Å². The Balaban J connectivity index is 1.91. The Hall–Kier alpha value is -2.73. The van der Waals surface area contributed by atoms with E-state index in [1.807, 2.05) is 19.1 Å². The van der Waals surface area contributed by atoms with Crippen LogP contribution in [0.5, 0.6) is 11.5 Å². The summed E-state index contributed by atoms with van der Waals surface area (Å²) in [5.74, 6) is 0.399. The molecular weight excluding hydrogens is 356 g/mol. The highest BCUT2D eigenvalue weighted by Crippen LogP contribution is 2.35. The van der Waals surface area contributed by atoms with Gasteiger partial charge >= 0.3 is 0 Å². The molecule has 0 spiro atoms. The van der Waals surface area contributed by atoms with Crippen molar-refractivity contribution in [2.45, 2.75) is 13.3 Å². The molecular formula is C19H21ClN2O4. The average Bonchev–Trinajstić information content (AvgIpc) is 2.62. The van der Waals surface area contributed by atoms with E-state index in [4.69, 9.17) is 21.1 Å². The van der Waals surface area contributed by atoms with Gasteiger partial charge in [-0.2, -0.15) is 0 Å². The minimum Gasteiger partial charge on any atom is -0.495 e. The fourth-order valence-electron chi connectivity index (χ4n) is 2.35. The van der Waals surface area contributed by atoms with Gasteiger partial charge in [0.2, 0.25) is 5.91 Å². The summed E-state index contributed by atoms with van der Waals surface area (Å²) >= 11 is 6.08. The summed E-state index contributed by atoms with van der Waals surface area (Å²) in [6.45, 7) is 2.13. The summed E-state index contributed by atoms with van der Waals surface area (Å²) < 4.78 is 10.3. The normalized spacial score (nSPS) is 10.2. The third kappa shape index (κ3) is 5.13. The van der Waals surface area contributed by atoms with Gasteiger partial charge in [0.1, 0.15) is 11.5 Å². The maximum Gasteiger partial charge on any atom is 0.251 e. The third-order valence-electron chi connectivity index (χ3n) is 3.67. The lowest BCUT2D eigenvalue weighted by molar-refractivity contribution is -0.116. The van der Waals surface area contributed by atoms with Crippen LogP contribution in [0.4, 0.5) is 5.69 Å². The minimum absolute atomic E-state index is 0.115. The molecule has 7 heteroatoms. The topological polar surface area (TPSA) is 76.7 Å². The van der Waals surface area contributed by atoms with E-state index >= 15 is 0 Å². The van der Waals surface area contributed by atoms with Crippen molar-refractivity contribution in [1.29, 1.82) is 0 Å². The van der Waals surface area contributed by atoms with Gasteiger partial charge in [-0.1, -0.05) is 29.3 Å². The molecule has 2 rings (SSSR count). The van der Waals surface area contributed by atoms with Crippen molar-refractivity contribution in [3.8, 4) is 11.5 Å². The fourth-order valence-corrected chi connectivity index (χ4v) is 2.59. The number of hydrogen-bond donors (Lipinski definition) is 2. The molecule has 26 heavy (non-hydrogen) atoms. The highest BCUT2D eigenvalue weighted by atomic mass is 35.5. The number of rotatable bonds is 7. The lowest BCUT2D eigenvalue weighted by atomic mass is 10.1. The van der Waals surface area contributed by atoms with E-state index in [2.05, 4.69) is 10.6 Å². The lowest BCUT2D eigenvalue weighted by Gasteiger charge is -2.13. The Bertz CT molecular complexity index is 808. The van der Waals surface area contributed by atoms with Gasteiger partial charge in [-0.15, -0.1) is 0 Å². The predicted octanol–water partition coefficient (Wildman–Crippen LogP) is 3.42. The number of halogens is 1. The molecule has 0 radical (unpaired) electrons. The number of anilines is 1. The van der Waals surface area contributed by atoms with Gasteiger partial charge in [0.15, 0.2) is 0 Å². The second kappa shape index (κ2) is 9.10. The molecule has 0 aliphatic rings. The van der Waals surface area contributed by atoms with Gasteiger partial charge in [-0.05, 0) is 25.1 Å². The van der Waals surface area contributed by atoms with Crippen LogP contribution in [0.25, 0.3) is 0 Å². The summed E-state index contributed by atoms with van der Waals surface area (Å²) in [7, 11) is 2.98. The van der Waals surface area contributed by atoms with E-state index in [0.29, 0.717) is 27.8 Å². The molecule has 2 aromatic rings. The Labute approximate surface area is 157 Å². The molecule has 0 saturated carbocycles. The van der Waals surface area contributed by atoms with Gasteiger partial charge in [-0.25, -0.2) is 0 Å². The average molecular weight is 377 g/mol. The van der Waals surface area contributed by atoms with Gasteiger partial charge in [0, 0.05) is 24.6 Å². The van der Waals surface area contributed by atoms with Crippen LogP contribution < -0.4 is 20.1 Å². The predicted molar refractivity (Wildman–Crippen MR) is 101 cm³/mol. The third-order valence-corrected chi connectivity index (χ3v) is 3.96. The Morgan fingerprint density at radius 2 is 1.81 bits per heavy atom. The summed E-state index contributed by atoms with van der Waals surface area (Å²) in [4.78, 5) is 24.2. The van der Waals surface area contributed by atoms with E-state index in [1.165, 1.54) is 14.2 Å². The van der Waals surface area contributed by atoms with Crippen molar-refractivity contribution in [3.63, 3.8) is 0 Å². The van der Waals surface area contributed by atoms with E-state index < -0.39 is 0 Å². The first kappa shape index (κ1) is 19.6. The first-order valence-electron chi connectivity index (χ1n) is 8.01. The van der Waals surface area contributed by atoms with Gasteiger partial charge in [0.05, 0.1) is 24.9 Å². The number of carbonyl (C=O) groups excluding carboxylic acids is 2. The maximum atomic E-state index is 12.1. The molecule has 2 N–H and O–H groups in total. The van der Waals surface area contributed by atoms with E-state index in [9.17, 15) is 9.59 Å². The van der Waals surface area contributed by atoms with Gasteiger partial charge in [-0.3, -0.25) is 9.59 Å². The number of amides is 2. The zero-order valence-electron chi connectivity index (χ0n) is 14.9. The highest BCUT2D eigenvalue weighted by Gasteiger charge is 2.13. The highest BCUT2D eigenvalue weighted by molar-refractivity contribution is 6.32. The second-order valence-electron chi connectivity index (χ2n) is 5.61. The fraction of sp³-hybridized carbons (Fsp3) is 0.263. The van der Waals surface area contributed by atoms with Crippen molar-refractivity contribution in [3.05, 3.63) is 52.5 Å². The quantitative estimate of drug-likeness (QED) is 0.776. The van der Waals surface area contributed by atoms with Crippen LogP contribution in [0.1, 0.15) is 22.3 Å². The maximum absolute atomic E-state index is 12.1. The number of nitrogens with one attached hydrogen (secondary N) is 2. The largest absolute Gasteiger partial charge is 0.495 e. The molecule has 2 amide bonds. The molecule has 0 aliphatic carbocycles. The molecule has 0 heterocycles. The Morgan fingerprint density at radius 1 is 1.08 bits per heavy atom. The summed E-state index contributed by atoms with van der Waals surface area (Å²) in [5, 5.41) is 5.80. The molecule has 138 valence electrons. The van der Waals surface area contributed by atoms with Crippen LogP contribution >= 0.6 is 11.6 Å². The molecule has 0 fully saturated rings. The monoisotopic (exact) mass is 376 g/mol. The summed E-state index contributed by atoms with van der Waals surface area (Å²) in [5.41, 5.74) is 2.00. The SMILES string of the molecule is COc1cc(OC)c(NC(=O)CCNC(=O)c2cccc(C)c2)cc1Cl. The van der Waals surface area contributed by atoms with Crippen molar-refractivity contribution in [2.75, 3.05) is 26.1 Å². The van der Waals surface area contributed by atoms with E-state index in [-0.39, 0.29) is 24.8 Å².